The van der Waals surface area contributed by atoms with Gasteiger partial charge in [0.15, 0.2) is 0 Å². The molecule has 0 aliphatic carbocycles. The average Bonchev–Trinajstić information content (AvgIpc) is 2.96. The lowest BCUT2D eigenvalue weighted by Crippen LogP contribution is -2.30. The fourth-order valence-corrected chi connectivity index (χ4v) is 1.47. The summed E-state index contributed by atoms with van der Waals surface area (Å²) in [7, 11) is 0. The number of rotatable bonds is 6. The first-order valence-electron chi connectivity index (χ1n) is 5.96. The van der Waals surface area contributed by atoms with E-state index in [-0.39, 0.29) is 29.6 Å². The quantitative estimate of drug-likeness (QED) is 0.774. The van der Waals surface area contributed by atoms with Crippen LogP contribution < -0.4 is 10.6 Å². The molecule has 2 aromatic heterocycles. The van der Waals surface area contributed by atoms with Gasteiger partial charge in [-0.3, -0.25) is 4.79 Å². The van der Waals surface area contributed by atoms with E-state index < -0.39 is 0 Å². The molecule has 106 valence electrons. The van der Waals surface area contributed by atoms with Gasteiger partial charge in [0, 0.05) is 6.54 Å². The maximum atomic E-state index is 11.5. The van der Waals surface area contributed by atoms with Crippen molar-refractivity contribution in [2.45, 2.75) is 13.3 Å². The van der Waals surface area contributed by atoms with Crippen molar-refractivity contribution in [1.82, 2.24) is 35.0 Å². The molecule has 20 heavy (non-hydrogen) atoms. The summed E-state index contributed by atoms with van der Waals surface area (Å²) in [5.41, 5.74) is 0. The van der Waals surface area contributed by atoms with E-state index in [2.05, 4.69) is 35.7 Å². The van der Waals surface area contributed by atoms with Gasteiger partial charge in [-0.1, -0.05) is 6.92 Å². The van der Waals surface area contributed by atoms with E-state index in [4.69, 9.17) is 11.6 Å². The van der Waals surface area contributed by atoms with Gasteiger partial charge in [0.2, 0.25) is 17.1 Å². The van der Waals surface area contributed by atoms with Crippen LogP contribution in [0.25, 0.3) is 5.95 Å². The molecule has 10 heteroatoms. The van der Waals surface area contributed by atoms with E-state index in [9.17, 15) is 4.79 Å². The van der Waals surface area contributed by atoms with Crippen LogP contribution in [0.15, 0.2) is 12.7 Å². The fraction of sp³-hybridized carbons (Fsp3) is 0.400. The molecule has 2 rings (SSSR count). The number of hydrogen-bond donors (Lipinski definition) is 2. The van der Waals surface area contributed by atoms with Crippen LogP contribution in [0.3, 0.4) is 0 Å². The zero-order valence-corrected chi connectivity index (χ0v) is 11.5. The first-order valence-corrected chi connectivity index (χ1v) is 6.34. The number of hydrogen-bond acceptors (Lipinski definition) is 7. The number of halogens is 1. The molecule has 0 unspecified atom stereocenters. The smallest absolute Gasteiger partial charge is 0.258 e. The van der Waals surface area contributed by atoms with Crippen molar-refractivity contribution in [1.29, 1.82) is 0 Å². The highest BCUT2D eigenvalue weighted by atomic mass is 35.5. The molecule has 0 aliphatic heterocycles. The van der Waals surface area contributed by atoms with Gasteiger partial charge in [-0.05, 0) is 18.0 Å². The van der Waals surface area contributed by atoms with Crippen LogP contribution >= 0.6 is 11.6 Å². The number of anilines is 1. The number of carbonyl (C=O) groups is 1. The predicted molar refractivity (Wildman–Crippen MR) is 71.5 cm³/mol. The summed E-state index contributed by atoms with van der Waals surface area (Å²) in [6.07, 6.45) is 3.66. The van der Waals surface area contributed by atoms with Gasteiger partial charge >= 0.3 is 0 Å². The van der Waals surface area contributed by atoms with Crippen LogP contribution in [0.5, 0.6) is 0 Å². The predicted octanol–water partition coefficient (Wildman–Crippen LogP) is 0.0438. The highest BCUT2D eigenvalue weighted by molar-refractivity contribution is 6.28. The van der Waals surface area contributed by atoms with Crippen LogP contribution in [-0.4, -0.2) is 48.7 Å². The average molecular weight is 297 g/mol. The Morgan fingerprint density at radius 2 is 2.25 bits per heavy atom. The second-order valence-corrected chi connectivity index (χ2v) is 4.11. The normalized spacial score (nSPS) is 10.3. The Bertz CT molecular complexity index is 573. The van der Waals surface area contributed by atoms with Gasteiger partial charge in [-0.2, -0.15) is 24.7 Å². The third-order valence-corrected chi connectivity index (χ3v) is 2.37. The van der Waals surface area contributed by atoms with Crippen molar-refractivity contribution in [2.75, 3.05) is 18.4 Å². The number of aromatic nitrogens is 6. The largest absolute Gasteiger partial charge is 0.355 e. The zero-order chi connectivity index (χ0) is 14.4. The maximum Gasteiger partial charge on any atom is 0.258 e. The minimum Gasteiger partial charge on any atom is -0.355 e. The lowest BCUT2D eigenvalue weighted by Gasteiger charge is -2.06. The van der Waals surface area contributed by atoms with Gasteiger partial charge in [0.1, 0.15) is 12.7 Å². The molecule has 0 spiro atoms. The highest BCUT2D eigenvalue weighted by Crippen LogP contribution is 2.08. The van der Waals surface area contributed by atoms with Gasteiger partial charge in [-0.25, -0.2) is 4.98 Å². The van der Waals surface area contributed by atoms with E-state index in [0.717, 1.165) is 6.42 Å². The van der Waals surface area contributed by atoms with Crippen molar-refractivity contribution < 1.29 is 4.79 Å². The fourth-order valence-electron chi connectivity index (χ4n) is 1.32. The van der Waals surface area contributed by atoms with Crippen LogP contribution in [0.1, 0.15) is 13.3 Å². The molecule has 0 radical (unpaired) electrons. The van der Waals surface area contributed by atoms with E-state index in [1.165, 1.54) is 17.3 Å². The molecule has 1 amide bonds. The van der Waals surface area contributed by atoms with Crippen molar-refractivity contribution in [2.24, 2.45) is 0 Å². The third kappa shape index (κ3) is 3.85. The molecule has 0 atom stereocenters. The Morgan fingerprint density at radius 1 is 1.40 bits per heavy atom. The zero-order valence-electron chi connectivity index (χ0n) is 10.7. The lowest BCUT2D eigenvalue weighted by molar-refractivity contribution is -0.119. The van der Waals surface area contributed by atoms with E-state index in [0.29, 0.717) is 6.54 Å². The van der Waals surface area contributed by atoms with Crippen molar-refractivity contribution in [3.8, 4) is 5.95 Å². The second kappa shape index (κ2) is 6.75. The number of amides is 1. The van der Waals surface area contributed by atoms with Crippen molar-refractivity contribution in [3.63, 3.8) is 0 Å². The summed E-state index contributed by atoms with van der Waals surface area (Å²) >= 11 is 5.80. The van der Waals surface area contributed by atoms with E-state index in [1.807, 2.05) is 6.92 Å². The van der Waals surface area contributed by atoms with Crippen LogP contribution in [0.2, 0.25) is 5.28 Å². The summed E-state index contributed by atoms with van der Waals surface area (Å²) in [5, 5.41) is 9.40. The monoisotopic (exact) mass is 296 g/mol. The molecule has 0 saturated heterocycles. The van der Waals surface area contributed by atoms with Gasteiger partial charge in [0.05, 0.1) is 6.54 Å². The summed E-state index contributed by atoms with van der Waals surface area (Å²) in [6.45, 7) is 2.66. The Kier molecular flexibility index (Phi) is 4.77. The molecule has 2 heterocycles. The molecule has 2 aromatic rings. The standard InChI is InChI=1S/C10H13ClN8O/c1-2-3-13-7(20)4-14-9-16-8(11)17-10(18-9)19-6-12-5-15-19/h5-6H,2-4H2,1H3,(H,13,20)(H,14,16,17,18). The number of nitrogens with one attached hydrogen (secondary N) is 2. The summed E-state index contributed by atoms with van der Waals surface area (Å²) in [5.74, 6) is 0.270. The lowest BCUT2D eigenvalue weighted by atomic mass is 10.4. The maximum absolute atomic E-state index is 11.5. The summed E-state index contributed by atoms with van der Waals surface area (Å²) in [6, 6.07) is 0. The van der Waals surface area contributed by atoms with Gasteiger partial charge in [-0.15, -0.1) is 0 Å². The Balaban J connectivity index is 2.03. The number of carbonyl (C=O) groups excluding carboxylic acids is 1. The Labute approximate surface area is 119 Å². The minimum atomic E-state index is -0.148. The van der Waals surface area contributed by atoms with Crippen molar-refractivity contribution >= 4 is 23.5 Å². The topological polar surface area (TPSA) is 111 Å². The van der Waals surface area contributed by atoms with E-state index >= 15 is 0 Å². The van der Waals surface area contributed by atoms with E-state index in [1.54, 1.807) is 0 Å². The molecule has 0 saturated carbocycles. The first kappa shape index (κ1) is 14.1. The molecular formula is C10H13ClN8O. The summed E-state index contributed by atoms with van der Waals surface area (Å²) < 4.78 is 1.34. The van der Waals surface area contributed by atoms with Gasteiger partial charge in [0.25, 0.3) is 5.95 Å². The van der Waals surface area contributed by atoms with Crippen LogP contribution in [0.4, 0.5) is 5.95 Å². The second-order valence-electron chi connectivity index (χ2n) is 3.77. The Morgan fingerprint density at radius 3 is 2.95 bits per heavy atom. The molecule has 0 aliphatic rings. The third-order valence-electron chi connectivity index (χ3n) is 2.20. The minimum absolute atomic E-state index is 0.00182. The summed E-state index contributed by atoms with van der Waals surface area (Å²) in [4.78, 5) is 27.2. The molecule has 2 N–H and O–H groups in total. The SMILES string of the molecule is CCCNC(=O)CNc1nc(Cl)nc(-n2cncn2)n1. The first-order chi connectivity index (χ1) is 9.69. The van der Waals surface area contributed by atoms with Crippen molar-refractivity contribution in [3.05, 3.63) is 17.9 Å². The molecular weight excluding hydrogens is 284 g/mol. The molecule has 9 nitrogen and oxygen atoms in total. The molecule has 0 aromatic carbocycles. The molecule has 0 fully saturated rings. The van der Waals surface area contributed by atoms with Crippen LogP contribution in [-0.2, 0) is 4.79 Å². The van der Waals surface area contributed by atoms with Crippen LogP contribution in [0, 0.1) is 0 Å². The highest BCUT2D eigenvalue weighted by Gasteiger charge is 2.08. The number of nitrogens with zero attached hydrogens (tertiary/aromatic N) is 6. The molecule has 0 bridgehead atoms. The van der Waals surface area contributed by atoms with Gasteiger partial charge < -0.3 is 10.6 Å². The Hall–Kier alpha value is -2.29.